The lowest BCUT2D eigenvalue weighted by atomic mass is 9.91. The molecule has 0 saturated carbocycles. The molecule has 2 aliphatic rings. The van der Waals surface area contributed by atoms with E-state index in [1.54, 1.807) is 30.5 Å². The number of hydrogen-bond donors (Lipinski definition) is 1. The molecular weight excluding hydrogens is 448 g/mol. The highest BCUT2D eigenvalue weighted by Crippen LogP contribution is 2.53. The van der Waals surface area contributed by atoms with Crippen LogP contribution >= 0.6 is 11.6 Å². The van der Waals surface area contributed by atoms with E-state index in [1.807, 2.05) is 31.2 Å². The number of ether oxygens (including phenoxy) is 4. The lowest BCUT2D eigenvalue weighted by Gasteiger charge is -2.27. The second-order valence-electron chi connectivity index (χ2n) is 8.78. The third kappa shape index (κ3) is 3.74. The molecule has 5 atom stereocenters. The van der Waals surface area contributed by atoms with Gasteiger partial charge in [-0.05, 0) is 31.2 Å². The molecule has 10 heteroatoms. The Morgan fingerprint density at radius 1 is 1.24 bits per heavy atom. The van der Waals surface area contributed by atoms with Gasteiger partial charge in [0.1, 0.15) is 42.4 Å². The van der Waals surface area contributed by atoms with Gasteiger partial charge in [-0.15, -0.1) is 0 Å². The van der Waals surface area contributed by atoms with Crippen molar-refractivity contribution in [3.05, 3.63) is 59.0 Å². The van der Waals surface area contributed by atoms with Gasteiger partial charge in [0, 0.05) is 10.6 Å². The van der Waals surface area contributed by atoms with Crippen molar-refractivity contribution in [2.75, 3.05) is 12.3 Å². The molecule has 33 heavy (non-hydrogen) atoms. The summed E-state index contributed by atoms with van der Waals surface area (Å²) in [6, 6.07) is 11.0. The Hall–Kier alpha value is -2.72. The molecule has 5 rings (SSSR count). The van der Waals surface area contributed by atoms with E-state index in [0.29, 0.717) is 16.4 Å². The number of esters is 1. The Morgan fingerprint density at radius 2 is 2.00 bits per heavy atom. The fraction of sp³-hybridized carbons (Fsp3) is 0.435. The summed E-state index contributed by atoms with van der Waals surface area (Å²) < 4.78 is 26.4. The van der Waals surface area contributed by atoms with Gasteiger partial charge in [-0.25, -0.2) is 9.50 Å². The summed E-state index contributed by atoms with van der Waals surface area (Å²) in [5, 5.41) is 4.98. The molecule has 4 heterocycles. The van der Waals surface area contributed by atoms with E-state index in [-0.39, 0.29) is 18.5 Å². The van der Waals surface area contributed by atoms with E-state index < -0.39 is 30.2 Å². The SMILES string of the molecule is CC(C)C(=O)OC[C@H]1O[C@@H](c2ccc3c(N)ncnn23)[C@]2(C)OC(c3ccc(Cl)cc3)O[C@H]12. The van der Waals surface area contributed by atoms with Crippen molar-refractivity contribution in [1.82, 2.24) is 14.6 Å². The summed E-state index contributed by atoms with van der Waals surface area (Å²) in [5.41, 5.74) is 7.37. The quantitative estimate of drug-likeness (QED) is 0.562. The minimum Gasteiger partial charge on any atom is -0.463 e. The van der Waals surface area contributed by atoms with Crippen molar-refractivity contribution in [1.29, 1.82) is 0 Å². The Bertz CT molecular complexity index is 1180. The fourth-order valence-electron chi connectivity index (χ4n) is 4.40. The van der Waals surface area contributed by atoms with Gasteiger partial charge < -0.3 is 24.7 Å². The van der Waals surface area contributed by atoms with Crippen molar-refractivity contribution >= 4 is 28.9 Å². The van der Waals surface area contributed by atoms with Gasteiger partial charge in [0.05, 0.1) is 11.6 Å². The molecule has 1 aromatic carbocycles. The molecule has 2 aromatic heterocycles. The number of rotatable bonds is 5. The second-order valence-corrected chi connectivity index (χ2v) is 9.22. The second kappa shape index (κ2) is 8.25. The summed E-state index contributed by atoms with van der Waals surface area (Å²) in [7, 11) is 0. The highest BCUT2D eigenvalue weighted by molar-refractivity contribution is 6.30. The lowest BCUT2D eigenvalue weighted by Crippen LogP contribution is -2.41. The molecule has 1 unspecified atom stereocenters. The fourth-order valence-corrected chi connectivity index (χ4v) is 4.53. The minimum absolute atomic E-state index is 0.0465. The summed E-state index contributed by atoms with van der Waals surface area (Å²) in [5.74, 6) is -0.183. The normalized spacial score (nSPS) is 29.0. The minimum atomic E-state index is -0.882. The van der Waals surface area contributed by atoms with E-state index in [9.17, 15) is 4.79 Å². The number of nitrogen functional groups attached to an aromatic ring is 1. The Balaban J connectivity index is 1.50. The molecule has 0 radical (unpaired) electrons. The maximum Gasteiger partial charge on any atom is 0.308 e. The van der Waals surface area contributed by atoms with Crippen LogP contribution in [0.3, 0.4) is 0 Å². The third-order valence-corrected chi connectivity index (χ3v) is 6.40. The van der Waals surface area contributed by atoms with E-state index in [2.05, 4.69) is 10.1 Å². The lowest BCUT2D eigenvalue weighted by molar-refractivity contribution is -0.169. The number of halogens is 1. The number of hydrogen-bond acceptors (Lipinski definition) is 8. The summed E-state index contributed by atoms with van der Waals surface area (Å²) in [6.45, 7) is 5.55. The topological polar surface area (TPSA) is 110 Å². The van der Waals surface area contributed by atoms with E-state index in [1.165, 1.54) is 6.33 Å². The average molecular weight is 473 g/mol. The molecule has 2 aliphatic heterocycles. The van der Waals surface area contributed by atoms with Crippen LogP contribution in [-0.4, -0.2) is 45.0 Å². The summed E-state index contributed by atoms with van der Waals surface area (Å²) in [4.78, 5) is 16.2. The van der Waals surface area contributed by atoms with Crippen LogP contribution in [-0.2, 0) is 23.7 Å². The molecular formula is C23H25ClN4O5. The number of anilines is 1. The number of fused-ring (bicyclic) bond motifs is 2. The molecule has 0 amide bonds. The van der Waals surface area contributed by atoms with Crippen LogP contribution < -0.4 is 5.73 Å². The smallest absolute Gasteiger partial charge is 0.308 e. The standard InChI is InChI=1S/C23H25ClN4O5/c1-12(2)21(29)30-10-17-19-23(3,33-22(32-19)13-4-6-14(24)7-5-13)18(31-17)15-8-9-16-20(25)26-11-27-28(15)16/h4-9,11-12,17-19,22H,10H2,1-3H3,(H2,25,26,27)/t17-,18+,19-,22?,23+/m1/s1. The van der Waals surface area contributed by atoms with Gasteiger partial charge in [-0.3, -0.25) is 4.79 Å². The van der Waals surface area contributed by atoms with Crippen molar-refractivity contribution in [3.63, 3.8) is 0 Å². The first-order chi connectivity index (χ1) is 15.8. The average Bonchev–Trinajstić information content (AvgIpc) is 3.43. The van der Waals surface area contributed by atoms with E-state index in [0.717, 1.165) is 11.3 Å². The van der Waals surface area contributed by atoms with Gasteiger partial charge in [0.25, 0.3) is 0 Å². The summed E-state index contributed by atoms with van der Waals surface area (Å²) in [6.07, 6.45) is -0.819. The highest BCUT2D eigenvalue weighted by atomic mass is 35.5. The predicted octanol–water partition coefficient (Wildman–Crippen LogP) is 3.48. The highest BCUT2D eigenvalue weighted by Gasteiger charge is 2.62. The molecule has 0 spiro atoms. The number of nitrogens with two attached hydrogens (primary N) is 1. The summed E-state index contributed by atoms with van der Waals surface area (Å²) >= 11 is 6.04. The van der Waals surface area contributed by atoms with E-state index >= 15 is 0 Å². The van der Waals surface area contributed by atoms with Crippen molar-refractivity contribution < 1.29 is 23.7 Å². The van der Waals surface area contributed by atoms with Gasteiger partial charge in [-0.2, -0.15) is 5.10 Å². The van der Waals surface area contributed by atoms with Gasteiger partial charge in [-0.1, -0.05) is 37.6 Å². The number of nitrogens with zero attached hydrogens (tertiary/aromatic N) is 3. The molecule has 2 saturated heterocycles. The Kier molecular flexibility index (Phi) is 5.52. The zero-order valence-corrected chi connectivity index (χ0v) is 19.2. The maximum atomic E-state index is 12.1. The number of carbonyl (C=O) groups excluding carboxylic acids is 1. The first kappa shape index (κ1) is 22.1. The van der Waals surface area contributed by atoms with Crippen molar-refractivity contribution in [3.8, 4) is 0 Å². The molecule has 2 N–H and O–H groups in total. The molecule has 3 aromatic rings. The first-order valence-corrected chi connectivity index (χ1v) is 11.1. The number of benzene rings is 1. The third-order valence-electron chi connectivity index (χ3n) is 6.15. The Morgan fingerprint density at radius 3 is 2.73 bits per heavy atom. The van der Waals surface area contributed by atoms with Gasteiger partial charge in [0.15, 0.2) is 12.1 Å². The molecule has 2 fully saturated rings. The van der Waals surface area contributed by atoms with E-state index in [4.69, 9.17) is 36.3 Å². The van der Waals surface area contributed by atoms with Gasteiger partial charge in [0.2, 0.25) is 0 Å². The van der Waals surface area contributed by atoms with Gasteiger partial charge >= 0.3 is 5.97 Å². The van der Waals surface area contributed by atoms with Crippen molar-refractivity contribution in [2.45, 2.75) is 51.0 Å². The Labute approximate surface area is 195 Å². The number of aromatic nitrogens is 3. The van der Waals surface area contributed by atoms with Crippen LogP contribution in [0.15, 0.2) is 42.7 Å². The first-order valence-electron chi connectivity index (χ1n) is 10.8. The molecule has 0 aliphatic carbocycles. The largest absolute Gasteiger partial charge is 0.463 e. The zero-order chi connectivity index (χ0) is 23.3. The zero-order valence-electron chi connectivity index (χ0n) is 18.5. The number of carbonyl (C=O) groups is 1. The predicted molar refractivity (Wildman–Crippen MR) is 119 cm³/mol. The van der Waals surface area contributed by atoms with Crippen LogP contribution in [0.2, 0.25) is 5.02 Å². The maximum absolute atomic E-state index is 12.1. The van der Waals surface area contributed by atoms with Crippen LogP contribution in [0.4, 0.5) is 5.82 Å². The van der Waals surface area contributed by atoms with Crippen LogP contribution in [0, 0.1) is 5.92 Å². The molecule has 174 valence electrons. The molecule has 9 nitrogen and oxygen atoms in total. The molecule has 0 bridgehead atoms. The van der Waals surface area contributed by atoms with Crippen LogP contribution in [0.5, 0.6) is 0 Å². The van der Waals surface area contributed by atoms with Crippen LogP contribution in [0.1, 0.15) is 44.4 Å². The van der Waals surface area contributed by atoms with Crippen LogP contribution in [0.25, 0.3) is 5.52 Å². The monoisotopic (exact) mass is 472 g/mol. The van der Waals surface area contributed by atoms with Crippen molar-refractivity contribution in [2.24, 2.45) is 5.92 Å².